The van der Waals surface area contributed by atoms with E-state index in [9.17, 15) is 4.79 Å². The van der Waals surface area contributed by atoms with Gasteiger partial charge in [-0.15, -0.1) is 0 Å². The van der Waals surface area contributed by atoms with E-state index in [-0.39, 0.29) is 0 Å². The molecule has 10 heavy (non-hydrogen) atoms. The molecule has 0 aromatic rings. The largest absolute Gasteiger partial charge is 0.468 e. The zero-order chi connectivity index (χ0) is 7.66. The van der Waals surface area contributed by atoms with Crippen LogP contribution in [-0.4, -0.2) is 13.1 Å². The van der Waals surface area contributed by atoms with Gasteiger partial charge in [0.15, 0.2) is 0 Å². The fourth-order valence-corrected chi connectivity index (χ4v) is 0.589. The van der Waals surface area contributed by atoms with Gasteiger partial charge in [0.2, 0.25) is 0 Å². The number of halogens is 1. The molecule has 0 aliphatic carbocycles. The van der Waals surface area contributed by atoms with Gasteiger partial charge >= 0.3 is 0 Å². The molecule has 3 heteroatoms. The molecule has 0 rings (SSSR count). The molecule has 0 radical (unpaired) electrons. The lowest BCUT2D eigenvalue weighted by molar-refractivity contribution is -0.128. The molecule has 0 atom stereocenters. The Morgan fingerprint density at radius 3 is 2.90 bits per heavy atom. The normalized spacial score (nSPS) is 7.70. The average Bonchev–Trinajstić information content (AvgIpc) is 1.97. The zero-order valence-electron chi connectivity index (χ0n) is 5.60. The van der Waals surface area contributed by atoms with Gasteiger partial charge < -0.3 is 4.74 Å². The van der Waals surface area contributed by atoms with Crippen LogP contribution < -0.4 is 0 Å². The van der Waals surface area contributed by atoms with E-state index in [1.165, 1.54) is 0 Å². The molecule has 0 heterocycles. The van der Waals surface area contributed by atoms with Gasteiger partial charge in [0, 0.05) is 11.8 Å². The highest BCUT2D eigenvalue weighted by molar-refractivity contribution is 6.30. The lowest BCUT2D eigenvalue weighted by Crippen LogP contribution is -1.90. The molecule has 0 aliphatic rings. The second kappa shape index (κ2) is 8.32. The minimum absolute atomic E-state index is 0.452. The molecule has 0 aromatic heterocycles. The molecule has 56 valence electrons. The molecular formula is C7H9ClO2. The number of rotatable bonds is 5. The van der Waals surface area contributed by atoms with Gasteiger partial charge in [0.1, 0.15) is 0 Å². The third kappa shape index (κ3) is 7.32. The maximum Gasteiger partial charge on any atom is 0.293 e. The Morgan fingerprint density at radius 2 is 2.30 bits per heavy atom. The summed E-state index contributed by atoms with van der Waals surface area (Å²) in [4.78, 5) is 9.62. The maximum atomic E-state index is 9.62. The van der Waals surface area contributed by atoms with Crippen molar-refractivity contribution < 1.29 is 9.53 Å². The van der Waals surface area contributed by atoms with Crippen molar-refractivity contribution in [2.75, 3.05) is 6.61 Å². The van der Waals surface area contributed by atoms with Gasteiger partial charge in [-0.2, -0.15) is 0 Å². The number of unbranched alkanes of at least 4 members (excludes halogenated alkanes) is 2. The van der Waals surface area contributed by atoms with E-state index in [0.29, 0.717) is 13.1 Å². The third-order valence-electron chi connectivity index (χ3n) is 0.949. The number of hydrogen-bond acceptors (Lipinski definition) is 2. The monoisotopic (exact) mass is 160 g/mol. The quantitative estimate of drug-likeness (QED) is 0.346. The van der Waals surface area contributed by atoms with Crippen molar-refractivity contribution in [3.05, 3.63) is 0 Å². The topological polar surface area (TPSA) is 26.3 Å². The lowest BCUT2D eigenvalue weighted by atomic mass is 10.2. The van der Waals surface area contributed by atoms with Crippen LogP contribution in [0.1, 0.15) is 19.3 Å². The second-order valence-electron chi connectivity index (χ2n) is 1.70. The summed E-state index contributed by atoms with van der Waals surface area (Å²) >= 11 is 5.09. The molecule has 2 nitrogen and oxygen atoms in total. The number of carbonyl (C=O) groups is 1. The van der Waals surface area contributed by atoms with Gasteiger partial charge in [0.25, 0.3) is 6.47 Å². The molecular weight excluding hydrogens is 152 g/mol. The van der Waals surface area contributed by atoms with Crippen molar-refractivity contribution in [2.24, 2.45) is 0 Å². The Morgan fingerprint density at radius 1 is 1.50 bits per heavy atom. The number of ether oxygens (including phenoxy) is 1. The zero-order valence-corrected chi connectivity index (χ0v) is 6.36. The van der Waals surface area contributed by atoms with Crippen molar-refractivity contribution in [3.63, 3.8) is 0 Å². The molecule has 0 fully saturated rings. The smallest absolute Gasteiger partial charge is 0.293 e. The highest BCUT2D eigenvalue weighted by Crippen LogP contribution is 1.93. The molecule has 0 bridgehead atoms. The SMILES string of the molecule is O=COCCCCC#CCl. The van der Waals surface area contributed by atoms with Crippen LogP contribution in [0.15, 0.2) is 0 Å². The summed E-state index contributed by atoms with van der Waals surface area (Å²) in [6.45, 7) is 0.931. The van der Waals surface area contributed by atoms with E-state index in [4.69, 9.17) is 11.6 Å². The molecule has 0 saturated heterocycles. The number of carbonyl (C=O) groups excluding carboxylic acids is 1. The third-order valence-corrected chi connectivity index (χ3v) is 1.08. The summed E-state index contributed by atoms with van der Waals surface area (Å²) in [7, 11) is 0. The lowest BCUT2D eigenvalue weighted by Gasteiger charge is -1.93. The van der Waals surface area contributed by atoms with Crippen LogP contribution in [0.2, 0.25) is 0 Å². The predicted molar refractivity (Wildman–Crippen MR) is 39.5 cm³/mol. The van der Waals surface area contributed by atoms with E-state index < -0.39 is 0 Å². The molecule has 0 N–H and O–H groups in total. The summed E-state index contributed by atoms with van der Waals surface area (Å²) < 4.78 is 4.45. The van der Waals surface area contributed by atoms with Gasteiger partial charge in [-0.25, -0.2) is 0 Å². The van der Waals surface area contributed by atoms with Gasteiger partial charge in [0.05, 0.1) is 6.61 Å². The molecule has 0 amide bonds. The first kappa shape index (κ1) is 9.32. The Bertz CT molecular complexity index is 134. The Labute approximate surface area is 65.5 Å². The summed E-state index contributed by atoms with van der Waals surface area (Å²) in [5, 5.41) is 2.27. The fourth-order valence-electron chi connectivity index (χ4n) is 0.494. The van der Waals surface area contributed by atoms with E-state index in [2.05, 4.69) is 16.0 Å². The summed E-state index contributed by atoms with van der Waals surface area (Å²) in [5.74, 6) is 2.70. The molecule has 0 saturated carbocycles. The number of hydrogen-bond donors (Lipinski definition) is 0. The summed E-state index contributed by atoms with van der Waals surface area (Å²) in [6, 6.07) is 0. The molecule has 0 unspecified atom stereocenters. The Kier molecular flexibility index (Phi) is 7.75. The van der Waals surface area contributed by atoms with Crippen molar-refractivity contribution >= 4 is 18.1 Å². The molecule has 0 aromatic carbocycles. The highest BCUT2D eigenvalue weighted by Gasteiger charge is 1.84. The van der Waals surface area contributed by atoms with Crippen LogP contribution >= 0.6 is 11.6 Å². The fraction of sp³-hybridized carbons (Fsp3) is 0.571. The average molecular weight is 161 g/mol. The first-order chi connectivity index (χ1) is 4.91. The van der Waals surface area contributed by atoms with E-state index in [1.54, 1.807) is 0 Å². The van der Waals surface area contributed by atoms with Crippen LogP contribution in [0.25, 0.3) is 0 Å². The highest BCUT2D eigenvalue weighted by atomic mass is 35.5. The molecule has 0 spiro atoms. The Hall–Kier alpha value is -0.680. The maximum absolute atomic E-state index is 9.62. The van der Waals surface area contributed by atoms with Crippen molar-refractivity contribution in [1.82, 2.24) is 0 Å². The Balaban J connectivity index is 2.88. The van der Waals surface area contributed by atoms with Crippen molar-refractivity contribution in [1.29, 1.82) is 0 Å². The molecule has 0 aliphatic heterocycles. The van der Waals surface area contributed by atoms with Crippen LogP contribution in [0, 0.1) is 11.3 Å². The van der Waals surface area contributed by atoms with Gasteiger partial charge in [-0.3, -0.25) is 4.79 Å². The first-order valence-electron chi connectivity index (χ1n) is 3.05. The second-order valence-corrected chi connectivity index (χ2v) is 1.88. The van der Waals surface area contributed by atoms with Crippen LogP contribution in [-0.2, 0) is 9.53 Å². The minimum Gasteiger partial charge on any atom is -0.468 e. The van der Waals surface area contributed by atoms with E-state index in [1.807, 2.05) is 0 Å². The predicted octanol–water partition coefficient (Wildman–Crippen LogP) is 1.53. The minimum atomic E-state index is 0.452. The van der Waals surface area contributed by atoms with Crippen molar-refractivity contribution in [2.45, 2.75) is 19.3 Å². The van der Waals surface area contributed by atoms with Crippen molar-refractivity contribution in [3.8, 4) is 11.3 Å². The standard InChI is InChI=1S/C7H9ClO2/c8-5-3-1-2-4-6-10-7-9/h7H,1-2,4,6H2. The van der Waals surface area contributed by atoms with E-state index in [0.717, 1.165) is 19.3 Å². The van der Waals surface area contributed by atoms with Crippen LogP contribution in [0.4, 0.5) is 0 Å². The summed E-state index contributed by atoms with van der Waals surface area (Å²) in [6.07, 6.45) is 2.55. The van der Waals surface area contributed by atoms with Gasteiger partial charge in [-0.05, 0) is 24.4 Å². The first-order valence-corrected chi connectivity index (χ1v) is 3.43. The van der Waals surface area contributed by atoms with Crippen LogP contribution in [0.3, 0.4) is 0 Å². The van der Waals surface area contributed by atoms with Gasteiger partial charge in [-0.1, -0.05) is 5.92 Å². The van der Waals surface area contributed by atoms with E-state index >= 15 is 0 Å². The summed E-state index contributed by atoms with van der Waals surface area (Å²) in [5.41, 5.74) is 0. The van der Waals surface area contributed by atoms with Crippen LogP contribution in [0.5, 0.6) is 0 Å².